The molecule has 0 spiro atoms. The zero-order valence-electron chi connectivity index (χ0n) is 14.4. The molecule has 0 saturated heterocycles. The van der Waals surface area contributed by atoms with Crippen molar-refractivity contribution < 1.29 is 4.79 Å². The van der Waals surface area contributed by atoms with E-state index in [9.17, 15) is 4.79 Å². The largest absolute Gasteiger partial charge is 0.294 e. The highest BCUT2D eigenvalue weighted by Crippen LogP contribution is 2.30. The van der Waals surface area contributed by atoms with Crippen LogP contribution in [0.1, 0.15) is 62.9 Å². The molecule has 1 saturated carbocycles. The Hall–Kier alpha value is -1.89. The van der Waals surface area contributed by atoms with Crippen molar-refractivity contribution in [1.29, 1.82) is 0 Å². The molecule has 1 aromatic rings. The molecule has 22 heavy (non-hydrogen) atoms. The van der Waals surface area contributed by atoms with E-state index in [1.54, 1.807) is 0 Å². The van der Waals surface area contributed by atoms with Crippen LogP contribution < -0.4 is 0 Å². The maximum absolute atomic E-state index is 12.2. The van der Waals surface area contributed by atoms with Gasteiger partial charge in [0.25, 0.3) is 0 Å². The number of allylic oxidation sites excluding steroid dienone is 5. The zero-order chi connectivity index (χ0) is 16.5. The number of Topliss-reactive ketones (excluding diaryl/α,β-unsaturated/α-hetero) is 1. The Labute approximate surface area is 135 Å². The van der Waals surface area contributed by atoms with Crippen molar-refractivity contribution in [2.24, 2.45) is 5.92 Å². The van der Waals surface area contributed by atoms with Crippen molar-refractivity contribution >= 4 is 11.4 Å². The summed E-state index contributed by atoms with van der Waals surface area (Å²) in [5, 5.41) is 0. The Morgan fingerprint density at radius 1 is 1.09 bits per heavy atom. The molecule has 118 valence electrons. The number of carbonyl (C=O) groups is 1. The van der Waals surface area contributed by atoms with E-state index >= 15 is 0 Å². The number of benzene rings is 1. The van der Waals surface area contributed by atoms with Gasteiger partial charge in [0.15, 0.2) is 5.78 Å². The third-order valence-electron chi connectivity index (χ3n) is 3.84. The molecular weight excluding hydrogens is 268 g/mol. The Balaban J connectivity index is 0.00000116. The predicted molar refractivity (Wildman–Crippen MR) is 97.1 cm³/mol. The molecule has 1 aliphatic carbocycles. The summed E-state index contributed by atoms with van der Waals surface area (Å²) in [5.41, 5.74) is 4.16. The van der Waals surface area contributed by atoms with Crippen LogP contribution in [-0.2, 0) is 0 Å². The zero-order valence-corrected chi connectivity index (χ0v) is 14.4. The Bertz CT molecular complexity index is 554. The summed E-state index contributed by atoms with van der Waals surface area (Å²) in [7, 11) is 0. The highest BCUT2D eigenvalue weighted by Gasteiger charge is 2.25. The molecule has 0 heterocycles. The third kappa shape index (κ3) is 4.84. The second-order valence-electron chi connectivity index (χ2n) is 5.49. The van der Waals surface area contributed by atoms with Gasteiger partial charge in [-0.05, 0) is 37.8 Å². The van der Waals surface area contributed by atoms with Gasteiger partial charge in [0.05, 0.1) is 0 Å². The van der Waals surface area contributed by atoms with Gasteiger partial charge in [-0.3, -0.25) is 4.79 Å². The molecule has 1 nitrogen and oxygen atoms in total. The fourth-order valence-corrected chi connectivity index (χ4v) is 2.32. The lowest BCUT2D eigenvalue weighted by Crippen LogP contribution is -2.21. The Morgan fingerprint density at radius 2 is 1.64 bits per heavy atom. The summed E-state index contributed by atoms with van der Waals surface area (Å²) in [6, 6.07) is 7.97. The topological polar surface area (TPSA) is 17.1 Å². The molecule has 1 aromatic carbocycles. The lowest BCUT2D eigenvalue weighted by Gasteiger charge is -2.23. The fraction of sp³-hybridized carbons (Fsp3) is 0.381. The summed E-state index contributed by atoms with van der Waals surface area (Å²) in [6.07, 6.45) is 9.45. The molecular formula is C21H28O. The van der Waals surface area contributed by atoms with Crippen LogP contribution in [0.15, 0.2) is 54.6 Å². The minimum Gasteiger partial charge on any atom is -0.294 e. The minimum atomic E-state index is 0.269. The number of carbonyl (C=O) groups excluding carboxylic acids is 1. The molecule has 1 aliphatic rings. The number of hydrogen-bond acceptors (Lipinski definition) is 1. The molecule has 0 radical (unpaired) electrons. The van der Waals surface area contributed by atoms with E-state index in [1.807, 2.05) is 58.0 Å². The standard InChI is InChI=1S/C19H22O.C2H6/c1-4-15(9-8-14(2)3)16-10-12-18(13-11-16)19(20)17-6-5-7-17;1-2/h4,8-13,17H,2,5-7H2,1,3H3;1-2H3/b9-8-,15-4+;. The molecule has 0 aliphatic heterocycles. The first-order valence-corrected chi connectivity index (χ1v) is 8.26. The van der Waals surface area contributed by atoms with E-state index in [0.717, 1.165) is 35.1 Å². The van der Waals surface area contributed by atoms with Gasteiger partial charge in [-0.1, -0.05) is 74.9 Å². The maximum atomic E-state index is 12.2. The van der Waals surface area contributed by atoms with E-state index in [-0.39, 0.29) is 5.92 Å². The summed E-state index contributed by atoms with van der Waals surface area (Å²) in [4.78, 5) is 12.2. The van der Waals surface area contributed by atoms with Gasteiger partial charge in [0, 0.05) is 11.5 Å². The molecule has 0 amide bonds. The molecule has 2 rings (SSSR count). The highest BCUT2D eigenvalue weighted by atomic mass is 16.1. The van der Waals surface area contributed by atoms with E-state index in [1.165, 1.54) is 6.42 Å². The van der Waals surface area contributed by atoms with Gasteiger partial charge in [-0.15, -0.1) is 0 Å². The number of rotatable bonds is 5. The van der Waals surface area contributed by atoms with E-state index < -0.39 is 0 Å². The van der Waals surface area contributed by atoms with Crippen LogP contribution in [0.4, 0.5) is 0 Å². The van der Waals surface area contributed by atoms with Crippen LogP contribution in [0.5, 0.6) is 0 Å². The summed E-state index contributed by atoms with van der Waals surface area (Å²) in [6.45, 7) is 11.9. The summed E-state index contributed by atoms with van der Waals surface area (Å²) >= 11 is 0. The van der Waals surface area contributed by atoms with Crippen molar-refractivity contribution in [2.45, 2.75) is 47.0 Å². The van der Waals surface area contributed by atoms with Crippen LogP contribution in [0, 0.1) is 5.92 Å². The average molecular weight is 296 g/mol. The van der Waals surface area contributed by atoms with Crippen molar-refractivity contribution in [3.63, 3.8) is 0 Å². The first-order valence-electron chi connectivity index (χ1n) is 8.26. The molecule has 1 fully saturated rings. The monoisotopic (exact) mass is 296 g/mol. The van der Waals surface area contributed by atoms with Gasteiger partial charge in [0.1, 0.15) is 0 Å². The Kier molecular flexibility index (Phi) is 7.59. The molecule has 0 atom stereocenters. The summed E-state index contributed by atoms with van der Waals surface area (Å²) in [5.74, 6) is 0.577. The first-order chi connectivity index (χ1) is 10.6. The number of hydrogen-bond donors (Lipinski definition) is 0. The fourth-order valence-electron chi connectivity index (χ4n) is 2.32. The van der Waals surface area contributed by atoms with Crippen molar-refractivity contribution in [3.05, 3.63) is 65.8 Å². The van der Waals surface area contributed by atoms with Gasteiger partial charge < -0.3 is 0 Å². The first kappa shape index (κ1) is 18.2. The lowest BCUT2D eigenvalue weighted by atomic mass is 9.80. The summed E-state index contributed by atoms with van der Waals surface area (Å²) < 4.78 is 0. The normalized spacial score (nSPS) is 15.0. The molecule has 0 bridgehead atoms. The lowest BCUT2D eigenvalue weighted by molar-refractivity contribution is 0.0855. The van der Waals surface area contributed by atoms with Crippen LogP contribution in [-0.4, -0.2) is 5.78 Å². The average Bonchev–Trinajstić information content (AvgIpc) is 2.48. The van der Waals surface area contributed by atoms with Crippen LogP contribution in [0.25, 0.3) is 5.57 Å². The van der Waals surface area contributed by atoms with E-state index in [4.69, 9.17) is 0 Å². The van der Waals surface area contributed by atoms with Crippen molar-refractivity contribution in [3.8, 4) is 0 Å². The predicted octanol–water partition coefficient (Wildman–Crippen LogP) is 6.23. The molecule has 0 aromatic heterocycles. The number of ketones is 1. The highest BCUT2D eigenvalue weighted by molar-refractivity contribution is 5.98. The van der Waals surface area contributed by atoms with Gasteiger partial charge in [-0.2, -0.15) is 0 Å². The second kappa shape index (κ2) is 9.19. The van der Waals surface area contributed by atoms with Crippen LogP contribution >= 0.6 is 0 Å². The third-order valence-corrected chi connectivity index (χ3v) is 3.84. The second-order valence-corrected chi connectivity index (χ2v) is 5.49. The van der Waals surface area contributed by atoms with E-state index in [0.29, 0.717) is 5.78 Å². The molecule has 1 heteroatoms. The maximum Gasteiger partial charge on any atom is 0.165 e. The Morgan fingerprint density at radius 3 is 2.05 bits per heavy atom. The van der Waals surface area contributed by atoms with Crippen LogP contribution in [0.3, 0.4) is 0 Å². The van der Waals surface area contributed by atoms with Gasteiger partial charge >= 0.3 is 0 Å². The minimum absolute atomic E-state index is 0.269. The van der Waals surface area contributed by atoms with E-state index in [2.05, 4.69) is 18.7 Å². The SMILES string of the molecule is C=C(C)/C=C\C(=C/C)c1ccc(C(=O)C2CCC2)cc1.CC. The van der Waals surface area contributed by atoms with Crippen molar-refractivity contribution in [1.82, 2.24) is 0 Å². The smallest absolute Gasteiger partial charge is 0.165 e. The van der Waals surface area contributed by atoms with Gasteiger partial charge in [0.2, 0.25) is 0 Å². The quantitative estimate of drug-likeness (QED) is 0.465. The molecule has 0 unspecified atom stereocenters. The molecule has 0 N–H and O–H groups in total. The van der Waals surface area contributed by atoms with Crippen LogP contribution in [0.2, 0.25) is 0 Å². The van der Waals surface area contributed by atoms with Gasteiger partial charge in [-0.25, -0.2) is 0 Å². The van der Waals surface area contributed by atoms with Crippen molar-refractivity contribution in [2.75, 3.05) is 0 Å².